The lowest BCUT2D eigenvalue weighted by atomic mass is 10.1. The highest BCUT2D eigenvalue weighted by atomic mass is 16.5. The summed E-state index contributed by atoms with van der Waals surface area (Å²) < 4.78 is 5.21. The van der Waals surface area contributed by atoms with Gasteiger partial charge in [0.15, 0.2) is 0 Å². The van der Waals surface area contributed by atoms with Gasteiger partial charge >= 0.3 is 0 Å². The van der Waals surface area contributed by atoms with Crippen molar-refractivity contribution in [1.29, 1.82) is 0 Å². The molecule has 2 N–H and O–H groups in total. The van der Waals surface area contributed by atoms with Gasteiger partial charge < -0.3 is 20.3 Å². The summed E-state index contributed by atoms with van der Waals surface area (Å²) in [5, 5.41) is 6.07. The molecule has 0 radical (unpaired) electrons. The lowest BCUT2D eigenvalue weighted by Crippen LogP contribution is -2.51. The molecule has 0 bridgehead atoms. The Morgan fingerprint density at radius 2 is 2.16 bits per heavy atom. The van der Waals surface area contributed by atoms with E-state index in [0.29, 0.717) is 32.7 Å². The van der Waals surface area contributed by atoms with Crippen molar-refractivity contribution in [2.45, 2.75) is 38.3 Å². The first-order chi connectivity index (χ1) is 9.16. The molecule has 2 aliphatic rings. The molecule has 2 heterocycles. The predicted molar refractivity (Wildman–Crippen MR) is 70.6 cm³/mol. The van der Waals surface area contributed by atoms with Crippen LogP contribution in [0.15, 0.2) is 0 Å². The number of hydrogen-bond donors (Lipinski definition) is 2. The number of carbonyl (C=O) groups excluding carboxylic acids is 2. The van der Waals surface area contributed by atoms with Gasteiger partial charge in [-0.1, -0.05) is 0 Å². The number of nitrogens with zero attached hydrogens (tertiary/aromatic N) is 1. The average molecular weight is 269 g/mol. The third-order valence-corrected chi connectivity index (χ3v) is 3.66. The van der Waals surface area contributed by atoms with Gasteiger partial charge in [0, 0.05) is 25.6 Å². The summed E-state index contributed by atoms with van der Waals surface area (Å²) in [5.74, 6) is -0.0652. The highest BCUT2D eigenvalue weighted by Crippen LogP contribution is 2.08. The van der Waals surface area contributed by atoms with E-state index in [2.05, 4.69) is 10.6 Å². The molecule has 2 unspecified atom stereocenters. The number of rotatable bonds is 4. The maximum Gasteiger partial charge on any atom is 0.245 e. The molecule has 0 aromatic rings. The summed E-state index contributed by atoms with van der Waals surface area (Å²) in [6.07, 6.45) is 2.63. The fraction of sp³-hybridized carbons (Fsp3) is 0.846. The zero-order valence-corrected chi connectivity index (χ0v) is 11.5. The van der Waals surface area contributed by atoms with Gasteiger partial charge in [-0.3, -0.25) is 9.59 Å². The van der Waals surface area contributed by atoms with Crippen molar-refractivity contribution in [1.82, 2.24) is 15.5 Å². The zero-order valence-electron chi connectivity index (χ0n) is 11.5. The Morgan fingerprint density at radius 3 is 2.79 bits per heavy atom. The van der Waals surface area contributed by atoms with Crippen molar-refractivity contribution < 1.29 is 14.3 Å². The summed E-state index contributed by atoms with van der Waals surface area (Å²) >= 11 is 0. The van der Waals surface area contributed by atoms with Crippen LogP contribution in [0, 0.1) is 0 Å². The van der Waals surface area contributed by atoms with E-state index in [1.807, 2.05) is 0 Å². The Kier molecular flexibility index (Phi) is 5.15. The Labute approximate surface area is 113 Å². The minimum absolute atomic E-state index is 0.0176. The molecule has 2 saturated heterocycles. The highest BCUT2D eigenvalue weighted by Gasteiger charge is 2.25. The highest BCUT2D eigenvalue weighted by molar-refractivity contribution is 5.87. The molecule has 0 aromatic heterocycles. The zero-order chi connectivity index (χ0) is 13.7. The monoisotopic (exact) mass is 269 g/mol. The topological polar surface area (TPSA) is 70.7 Å². The number of nitrogens with one attached hydrogen (secondary N) is 2. The lowest BCUT2D eigenvalue weighted by molar-refractivity contribution is -0.139. The second kappa shape index (κ2) is 6.86. The molecule has 2 rings (SSSR count). The number of amides is 2. The van der Waals surface area contributed by atoms with Crippen LogP contribution in [0.4, 0.5) is 0 Å². The van der Waals surface area contributed by atoms with Gasteiger partial charge in [-0.15, -0.1) is 0 Å². The molecule has 6 heteroatoms. The minimum atomic E-state index is -0.452. The average Bonchev–Trinajstić information content (AvgIpc) is 2.91. The van der Waals surface area contributed by atoms with E-state index < -0.39 is 6.04 Å². The third-order valence-electron chi connectivity index (χ3n) is 3.66. The van der Waals surface area contributed by atoms with Crippen LogP contribution in [0.2, 0.25) is 0 Å². The van der Waals surface area contributed by atoms with Crippen LogP contribution in [0.5, 0.6) is 0 Å². The molecule has 2 amide bonds. The van der Waals surface area contributed by atoms with Crippen molar-refractivity contribution in [3.05, 3.63) is 0 Å². The van der Waals surface area contributed by atoms with Crippen LogP contribution >= 0.6 is 0 Å². The second-order valence-corrected chi connectivity index (χ2v) is 5.22. The smallest absolute Gasteiger partial charge is 0.245 e. The van der Waals surface area contributed by atoms with Gasteiger partial charge in [0.25, 0.3) is 0 Å². The largest absolute Gasteiger partial charge is 0.378 e. The van der Waals surface area contributed by atoms with Crippen LogP contribution in [0.3, 0.4) is 0 Å². The van der Waals surface area contributed by atoms with E-state index in [0.717, 1.165) is 19.4 Å². The quantitative estimate of drug-likeness (QED) is 0.721. The van der Waals surface area contributed by atoms with Gasteiger partial charge in [0.2, 0.25) is 11.8 Å². The van der Waals surface area contributed by atoms with E-state index in [-0.39, 0.29) is 17.9 Å². The van der Waals surface area contributed by atoms with Gasteiger partial charge in [-0.05, 0) is 26.3 Å². The molecular formula is C13H23N3O3. The van der Waals surface area contributed by atoms with Crippen molar-refractivity contribution in [2.75, 3.05) is 32.8 Å². The molecule has 0 aromatic carbocycles. The van der Waals surface area contributed by atoms with Crippen LogP contribution in [0.1, 0.15) is 26.2 Å². The van der Waals surface area contributed by atoms with Crippen molar-refractivity contribution in [3.8, 4) is 0 Å². The fourth-order valence-corrected chi connectivity index (χ4v) is 2.57. The van der Waals surface area contributed by atoms with Crippen LogP contribution in [0.25, 0.3) is 0 Å². The Balaban J connectivity index is 1.73. The van der Waals surface area contributed by atoms with Crippen molar-refractivity contribution >= 4 is 11.8 Å². The van der Waals surface area contributed by atoms with E-state index in [1.54, 1.807) is 11.8 Å². The van der Waals surface area contributed by atoms with Gasteiger partial charge in [-0.2, -0.15) is 0 Å². The molecule has 0 aliphatic carbocycles. The summed E-state index contributed by atoms with van der Waals surface area (Å²) in [7, 11) is 0. The van der Waals surface area contributed by atoms with Crippen LogP contribution in [-0.2, 0) is 14.3 Å². The molecule has 2 atom stereocenters. The molecule has 6 nitrogen and oxygen atoms in total. The van der Waals surface area contributed by atoms with Crippen molar-refractivity contribution in [2.24, 2.45) is 0 Å². The number of morpholine rings is 1. The molecule has 2 aliphatic heterocycles. The van der Waals surface area contributed by atoms with E-state index >= 15 is 0 Å². The van der Waals surface area contributed by atoms with Crippen molar-refractivity contribution in [3.63, 3.8) is 0 Å². The summed E-state index contributed by atoms with van der Waals surface area (Å²) in [5.41, 5.74) is 0. The minimum Gasteiger partial charge on any atom is -0.378 e. The number of carbonyl (C=O) groups is 2. The predicted octanol–water partition coefficient (Wildman–Crippen LogP) is -0.508. The lowest BCUT2D eigenvalue weighted by Gasteiger charge is -2.29. The van der Waals surface area contributed by atoms with E-state index in [9.17, 15) is 9.59 Å². The molecule has 19 heavy (non-hydrogen) atoms. The van der Waals surface area contributed by atoms with E-state index in [1.165, 1.54) is 0 Å². The Hall–Kier alpha value is -1.14. The summed E-state index contributed by atoms with van der Waals surface area (Å²) in [6.45, 7) is 5.13. The fourth-order valence-electron chi connectivity index (χ4n) is 2.57. The number of ether oxygens (including phenoxy) is 1. The van der Waals surface area contributed by atoms with E-state index in [4.69, 9.17) is 4.74 Å². The first-order valence-electron chi connectivity index (χ1n) is 7.06. The molecule has 108 valence electrons. The van der Waals surface area contributed by atoms with Gasteiger partial charge in [0.1, 0.15) is 6.04 Å². The molecule has 0 spiro atoms. The SMILES string of the molecule is CC(NC(=O)CC1CCCN1)C(=O)N1CCOCC1. The van der Waals surface area contributed by atoms with Gasteiger partial charge in [-0.25, -0.2) is 0 Å². The Bertz CT molecular complexity index is 323. The Morgan fingerprint density at radius 1 is 1.42 bits per heavy atom. The third kappa shape index (κ3) is 4.18. The van der Waals surface area contributed by atoms with Gasteiger partial charge in [0.05, 0.1) is 13.2 Å². The summed E-state index contributed by atoms with van der Waals surface area (Å²) in [4.78, 5) is 25.7. The first-order valence-corrected chi connectivity index (χ1v) is 7.06. The number of hydrogen-bond acceptors (Lipinski definition) is 4. The maximum absolute atomic E-state index is 12.1. The second-order valence-electron chi connectivity index (χ2n) is 5.22. The molecule has 2 fully saturated rings. The van der Waals surface area contributed by atoms with Crippen LogP contribution < -0.4 is 10.6 Å². The molecular weight excluding hydrogens is 246 g/mol. The summed E-state index contributed by atoms with van der Waals surface area (Å²) in [6, 6.07) is -0.183. The normalized spacial score (nSPS) is 25.1. The first kappa shape index (κ1) is 14.3. The maximum atomic E-state index is 12.1. The molecule has 0 saturated carbocycles. The standard InChI is InChI=1S/C13H23N3O3/c1-10(13(18)16-5-7-19-8-6-16)15-12(17)9-11-3-2-4-14-11/h10-11,14H,2-9H2,1H3,(H,15,17). The van der Waals surface area contributed by atoms with Crippen LogP contribution in [-0.4, -0.2) is 61.6 Å².